The molecule has 1 saturated carbocycles. The number of thiocarbonyl (C=S) groups is 1. The molecule has 0 radical (unpaired) electrons. The Morgan fingerprint density at radius 1 is 1.21 bits per heavy atom. The molecule has 0 amide bonds. The van der Waals surface area contributed by atoms with Crippen molar-refractivity contribution in [3.8, 4) is 0 Å². The van der Waals surface area contributed by atoms with Crippen molar-refractivity contribution < 1.29 is 0 Å². The van der Waals surface area contributed by atoms with Crippen molar-refractivity contribution in [2.24, 2.45) is 5.92 Å². The van der Waals surface area contributed by atoms with Gasteiger partial charge in [-0.15, -0.1) is 0 Å². The first-order valence-corrected chi connectivity index (χ1v) is 5.94. The van der Waals surface area contributed by atoms with Crippen molar-refractivity contribution >= 4 is 17.3 Å². The maximum atomic E-state index is 5.04. The van der Waals surface area contributed by atoms with E-state index in [1.807, 2.05) is 0 Å². The summed E-state index contributed by atoms with van der Waals surface area (Å²) in [6.45, 7) is 4.21. The lowest BCUT2D eigenvalue weighted by atomic mass is 9.85. The first-order valence-electron chi connectivity index (χ1n) is 5.53. The normalized spacial score (nSPS) is 34.8. The standard InChI is InChI=1S/C10H19N3S/c1-8-4-2-3-5-9(8)13-6-11-10(14)12-7-13/h8-9H,2-7H2,1H3,(H2,11,12,14)/t8-,9-/m1/s1. The van der Waals surface area contributed by atoms with Gasteiger partial charge in [0, 0.05) is 6.04 Å². The summed E-state index contributed by atoms with van der Waals surface area (Å²) in [5.74, 6) is 0.832. The molecule has 1 saturated heterocycles. The van der Waals surface area contributed by atoms with E-state index >= 15 is 0 Å². The Labute approximate surface area is 91.2 Å². The third kappa shape index (κ3) is 2.17. The van der Waals surface area contributed by atoms with E-state index in [1.54, 1.807) is 0 Å². The molecule has 14 heavy (non-hydrogen) atoms. The maximum absolute atomic E-state index is 5.04. The fourth-order valence-electron chi connectivity index (χ4n) is 2.54. The van der Waals surface area contributed by atoms with Crippen molar-refractivity contribution in [1.29, 1.82) is 0 Å². The molecule has 1 aliphatic heterocycles. The lowest BCUT2D eigenvalue weighted by Gasteiger charge is -2.41. The van der Waals surface area contributed by atoms with Gasteiger partial charge in [-0.2, -0.15) is 0 Å². The van der Waals surface area contributed by atoms with E-state index in [0.717, 1.165) is 30.4 Å². The van der Waals surface area contributed by atoms with Crippen molar-refractivity contribution in [1.82, 2.24) is 15.5 Å². The van der Waals surface area contributed by atoms with Gasteiger partial charge in [-0.1, -0.05) is 19.8 Å². The summed E-state index contributed by atoms with van der Waals surface area (Å²) >= 11 is 5.04. The minimum Gasteiger partial charge on any atom is -0.350 e. The van der Waals surface area contributed by atoms with Crippen LogP contribution in [0.5, 0.6) is 0 Å². The molecular formula is C10H19N3S. The lowest BCUT2D eigenvalue weighted by Crippen LogP contribution is -2.58. The second kappa shape index (κ2) is 4.45. The quantitative estimate of drug-likeness (QED) is 0.641. The molecule has 0 aromatic carbocycles. The van der Waals surface area contributed by atoms with E-state index in [9.17, 15) is 0 Å². The van der Waals surface area contributed by atoms with Crippen molar-refractivity contribution in [3.63, 3.8) is 0 Å². The monoisotopic (exact) mass is 213 g/mol. The molecule has 4 heteroatoms. The van der Waals surface area contributed by atoms with Crippen LogP contribution in [0, 0.1) is 5.92 Å². The predicted molar refractivity (Wildman–Crippen MR) is 61.9 cm³/mol. The molecule has 2 N–H and O–H groups in total. The smallest absolute Gasteiger partial charge is 0.168 e. The van der Waals surface area contributed by atoms with Crippen LogP contribution in [0.25, 0.3) is 0 Å². The Balaban J connectivity index is 1.90. The number of hydrogen-bond acceptors (Lipinski definition) is 2. The zero-order valence-corrected chi connectivity index (χ0v) is 9.57. The van der Waals surface area contributed by atoms with Crippen LogP contribution in [0.3, 0.4) is 0 Å². The van der Waals surface area contributed by atoms with Crippen LogP contribution in [0.1, 0.15) is 32.6 Å². The fourth-order valence-corrected chi connectivity index (χ4v) is 2.67. The van der Waals surface area contributed by atoms with E-state index in [2.05, 4.69) is 22.5 Å². The van der Waals surface area contributed by atoms with Gasteiger partial charge >= 0.3 is 0 Å². The van der Waals surface area contributed by atoms with Crippen molar-refractivity contribution in [3.05, 3.63) is 0 Å². The molecule has 2 atom stereocenters. The van der Waals surface area contributed by atoms with E-state index in [0.29, 0.717) is 0 Å². The molecule has 2 rings (SSSR count). The highest BCUT2D eigenvalue weighted by molar-refractivity contribution is 7.80. The van der Waals surface area contributed by atoms with Crippen molar-refractivity contribution in [2.45, 2.75) is 38.6 Å². The van der Waals surface area contributed by atoms with E-state index < -0.39 is 0 Å². The van der Waals surface area contributed by atoms with Gasteiger partial charge in [-0.25, -0.2) is 0 Å². The Bertz CT molecular complexity index is 209. The molecule has 2 fully saturated rings. The summed E-state index contributed by atoms with van der Waals surface area (Å²) in [4.78, 5) is 2.47. The topological polar surface area (TPSA) is 27.3 Å². The average molecular weight is 213 g/mol. The zero-order chi connectivity index (χ0) is 9.97. The van der Waals surface area contributed by atoms with Gasteiger partial charge in [0.2, 0.25) is 0 Å². The molecule has 0 spiro atoms. The second-order valence-corrected chi connectivity index (χ2v) is 4.82. The van der Waals surface area contributed by atoms with Gasteiger partial charge in [0.15, 0.2) is 5.11 Å². The molecule has 3 nitrogen and oxygen atoms in total. The highest BCUT2D eigenvalue weighted by Crippen LogP contribution is 2.27. The van der Waals surface area contributed by atoms with Crippen molar-refractivity contribution in [2.75, 3.05) is 13.3 Å². The highest BCUT2D eigenvalue weighted by atomic mass is 32.1. The molecule has 80 valence electrons. The second-order valence-electron chi connectivity index (χ2n) is 4.42. The molecule has 0 unspecified atom stereocenters. The molecule has 0 aromatic rings. The summed E-state index contributed by atoms with van der Waals surface area (Å²) in [7, 11) is 0. The first-order chi connectivity index (χ1) is 6.77. The van der Waals surface area contributed by atoms with Crippen LogP contribution >= 0.6 is 12.2 Å². The van der Waals surface area contributed by atoms with Gasteiger partial charge < -0.3 is 10.6 Å². The summed E-state index contributed by atoms with van der Waals surface area (Å²) in [5.41, 5.74) is 0. The van der Waals surface area contributed by atoms with Gasteiger partial charge in [-0.05, 0) is 31.0 Å². The third-order valence-corrected chi connectivity index (χ3v) is 3.71. The van der Waals surface area contributed by atoms with Gasteiger partial charge in [-0.3, -0.25) is 4.90 Å². The van der Waals surface area contributed by atoms with Crippen LogP contribution in [-0.2, 0) is 0 Å². The Morgan fingerprint density at radius 2 is 1.86 bits per heavy atom. The summed E-state index contributed by atoms with van der Waals surface area (Å²) in [6, 6.07) is 0.742. The largest absolute Gasteiger partial charge is 0.350 e. The Hall–Kier alpha value is -0.350. The number of rotatable bonds is 1. The minimum atomic E-state index is 0.742. The average Bonchev–Trinajstić information content (AvgIpc) is 2.20. The number of nitrogens with zero attached hydrogens (tertiary/aromatic N) is 1. The molecule has 2 aliphatic rings. The van der Waals surface area contributed by atoms with Gasteiger partial charge in [0.1, 0.15) is 0 Å². The lowest BCUT2D eigenvalue weighted by molar-refractivity contribution is 0.0973. The van der Waals surface area contributed by atoms with Gasteiger partial charge in [0.05, 0.1) is 13.3 Å². The fraction of sp³-hybridized carbons (Fsp3) is 0.900. The van der Waals surface area contributed by atoms with Gasteiger partial charge in [0.25, 0.3) is 0 Å². The molecule has 0 bridgehead atoms. The van der Waals surface area contributed by atoms with Crippen LogP contribution in [0.2, 0.25) is 0 Å². The van der Waals surface area contributed by atoms with Crippen LogP contribution in [-0.4, -0.2) is 29.4 Å². The summed E-state index contributed by atoms with van der Waals surface area (Å²) in [5, 5.41) is 7.19. The van der Waals surface area contributed by atoms with E-state index in [4.69, 9.17) is 12.2 Å². The Morgan fingerprint density at radius 3 is 2.50 bits per heavy atom. The van der Waals surface area contributed by atoms with Crippen LogP contribution in [0.4, 0.5) is 0 Å². The number of hydrogen-bond donors (Lipinski definition) is 2. The minimum absolute atomic E-state index is 0.742. The molecule has 1 aliphatic carbocycles. The van der Waals surface area contributed by atoms with Crippen LogP contribution < -0.4 is 10.6 Å². The summed E-state index contributed by atoms with van der Waals surface area (Å²) < 4.78 is 0. The predicted octanol–water partition coefficient (Wildman–Crippen LogP) is 1.26. The molecule has 0 aromatic heterocycles. The third-order valence-electron chi connectivity index (χ3n) is 3.42. The maximum Gasteiger partial charge on any atom is 0.168 e. The molecular weight excluding hydrogens is 194 g/mol. The SMILES string of the molecule is C[C@@H]1CCCC[C@H]1N1CNC(=S)NC1. The number of nitrogens with one attached hydrogen (secondary N) is 2. The first kappa shape index (κ1) is 10.2. The van der Waals surface area contributed by atoms with E-state index in [-0.39, 0.29) is 0 Å². The molecule has 1 heterocycles. The van der Waals surface area contributed by atoms with E-state index in [1.165, 1.54) is 25.7 Å². The Kier molecular flexibility index (Phi) is 3.23. The van der Waals surface area contributed by atoms with Crippen LogP contribution in [0.15, 0.2) is 0 Å². The summed E-state index contributed by atoms with van der Waals surface area (Å²) in [6.07, 6.45) is 5.52. The zero-order valence-electron chi connectivity index (χ0n) is 8.75. The highest BCUT2D eigenvalue weighted by Gasteiger charge is 2.28.